The highest BCUT2D eigenvalue weighted by Crippen LogP contribution is 2.70. The number of rotatable bonds is 5. The standard InChI is InChI=1S/C32H48O9/c1-17-29(35)24(37-5)14-27(39-17)41-21-8-10-30(3)20(13-21)6-7-23-22(30)9-11-31(4)28(19-12-26(34)38-16-19)25(40-18(2)33)15-32(23,31)36/h16-17,20-25,27-29,35-36H,6-15H2,1-5H3/t17-,20-,21+,22+,23-,24-,25+,27+,28+,29+,30+,31-,32+/m1/s1. The molecule has 2 aliphatic heterocycles. The topological polar surface area (TPSA) is 121 Å². The van der Waals surface area contributed by atoms with Gasteiger partial charge in [-0.25, -0.2) is 0 Å². The van der Waals surface area contributed by atoms with Gasteiger partial charge in [0.1, 0.15) is 12.2 Å². The quantitative estimate of drug-likeness (QED) is 0.369. The SMILES string of the molecule is CO[C@@H]1C[C@H](O[C@H]2CC[C@@]3(C)[C@H](CC[C@@H]4[C@@H]3CC[C@]3(C)[C@@H](C5=COC(=O)C5)[C@@H](OC(C)=O)C[C@]43O)C2)O[C@H](C)[C@@H]1O. The van der Waals surface area contributed by atoms with E-state index in [0.717, 1.165) is 50.5 Å². The number of aliphatic hydroxyl groups is 2. The maximum atomic E-state index is 12.7. The monoisotopic (exact) mass is 576 g/mol. The first-order chi connectivity index (χ1) is 19.4. The van der Waals surface area contributed by atoms with Gasteiger partial charge in [0.25, 0.3) is 0 Å². The van der Waals surface area contributed by atoms with Crippen LogP contribution in [0.3, 0.4) is 0 Å². The van der Waals surface area contributed by atoms with E-state index in [1.54, 1.807) is 13.4 Å². The lowest BCUT2D eigenvalue weighted by Gasteiger charge is -2.63. The Morgan fingerprint density at radius 3 is 2.54 bits per heavy atom. The van der Waals surface area contributed by atoms with E-state index in [0.29, 0.717) is 24.7 Å². The second-order valence-corrected chi connectivity index (χ2v) is 14.4. The molecule has 2 heterocycles. The van der Waals surface area contributed by atoms with Crippen molar-refractivity contribution in [1.82, 2.24) is 0 Å². The van der Waals surface area contributed by atoms with Crippen LogP contribution in [-0.4, -0.2) is 71.7 Å². The van der Waals surface area contributed by atoms with Gasteiger partial charge in [0, 0.05) is 38.2 Å². The Labute approximate surface area is 243 Å². The lowest BCUT2D eigenvalue weighted by atomic mass is 9.43. The molecule has 4 saturated carbocycles. The molecular weight excluding hydrogens is 528 g/mol. The van der Waals surface area contributed by atoms with Gasteiger partial charge < -0.3 is 33.9 Å². The van der Waals surface area contributed by atoms with Crippen LogP contribution in [-0.2, 0) is 33.3 Å². The molecule has 0 aromatic rings. The van der Waals surface area contributed by atoms with Crippen molar-refractivity contribution in [3.05, 3.63) is 11.8 Å². The summed E-state index contributed by atoms with van der Waals surface area (Å²) in [6, 6.07) is 0. The molecule has 6 rings (SSSR count). The van der Waals surface area contributed by atoms with Crippen LogP contribution in [0, 0.1) is 34.5 Å². The zero-order chi connectivity index (χ0) is 29.3. The van der Waals surface area contributed by atoms with Crippen molar-refractivity contribution in [1.29, 1.82) is 0 Å². The van der Waals surface area contributed by atoms with Crippen LogP contribution >= 0.6 is 0 Å². The van der Waals surface area contributed by atoms with Gasteiger partial charge >= 0.3 is 11.9 Å². The predicted molar refractivity (Wildman–Crippen MR) is 147 cm³/mol. The summed E-state index contributed by atoms with van der Waals surface area (Å²) in [6.45, 7) is 7.85. The van der Waals surface area contributed by atoms with Crippen molar-refractivity contribution in [3.8, 4) is 0 Å². The molecule has 0 bridgehead atoms. The fraction of sp³-hybridized carbons (Fsp3) is 0.875. The molecule has 41 heavy (non-hydrogen) atoms. The maximum Gasteiger partial charge on any atom is 0.314 e. The van der Waals surface area contributed by atoms with Gasteiger partial charge in [-0.1, -0.05) is 13.8 Å². The summed E-state index contributed by atoms with van der Waals surface area (Å²) >= 11 is 0. The largest absolute Gasteiger partial charge is 0.462 e. The van der Waals surface area contributed by atoms with Crippen molar-refractivity contribution in [2.75, 3.05) is 7.11 Å². The zero-order valence-electron chi connectivity index (χ0n) is 25.2. The Morgan fingerprint density at radius 1 is 1.07 bits per heavy atom. The first-order valence-electron chi connectivity index (χ1n) is 15.7. The van der Waals surface area contributed by atoms with Crippen LogP contribution in [0.1, 0.15) is 91.9 Å². The first kappa shape index (κ1) is 29.5. The highest BCUT2D eigenvalue weighted by Gasteiger charge is 2.71. The molecule has 0 amide bonds. The normalized spacial score (nSPS) is 51.2. The number of ether oxygens (including phenoxy) is 5. The van der Waals surface area contributed by atoms with Gasteiger partial charge in [0.15, 0.2) is 6.29 Å². The second kappa shape index (κ2) is 10.6. The first-order valence-corrected chi connectivity index (χ1v) is 15.7. The van der Waals surface area contributed by atoms with Crippen molar-refractivity contribution in [2.24, 2.45) is 34.5 Å². The molecule has 0 aromatic carbocycles. The number of aliphatic hydroxyl groups excluding tert-OH is 1. The minimum atomic E-state index is -0.990. The van der Waals surface area contributed by atoms with Gasteiger partial charge in [-0.15, -0.1) is 0 Å². The number of methoxy groups -OCH3 is 1. The summed E-state index contributed by atoms with van der Waals surface area (Å²) in [7, 11) is 1.62. The number of carbonyl (C=O) groups excluding carboxylic acids is 2. The average Bonchev–Trinajstić information content (AvgIpc) is 3.42. The maximum absolute atomic E-state index is 12.7. The van der Waals surface area contributed by atoms with E-state index in [1.165, 1.54) is 6.92 Å². The van der Waals surface area contributed by atoms with Crippen LogP contribution in [0.15, 0.2) is 11.8 Å². The fourth-order valence-electron chi connectivity index (χ4n) is 10.4. The number of hydrogen-bond donors (Lipinski definition) is 2. The lowest BCUT2D eigenvalue weighted by molar-refractivity contribution is -0.273. The number of hydrogen-bond acceptors (Lipinski definition) is 9. The van der Waals surface area contributed by atoms with Crippen molar-refractivity contribution < 1.29 is 43.5 Å². The molecule has 5 fully saturated rings. The molecule has 9 heteroatoms. The van der Waals surface area contributed by atoms with Crippen molar-refractivity contribution in [3.63, 3.8) is 0 Å². The summed E-state index contributed by atoms with van der Waals surface area (Å²) in [6.07, 6.45) is 7.32. The van der Waals surface area contributed by atoms with Crippen LogP contribution in [0.25, 0.3) is 0 Å². The Morgan fingerprint density at radius 2 is 1.85 bits per heavy atom. The molecule has 0 unspecified atom stereocenters. The Kier molecular flexibility index (Phi) is 7.62. The van der Waals surface area contributed by atoms with Gasteiger partial charge in [-0.05, 0) is 80.6 Å². The van der Waals surface area contributed by atoms with Gasteiger partial charge in [-0.3, -0.25) is 9.59 Å². The zero-order valence-corrected chi connectivity index (χ0v) is 25.2. The third kappa shape index (κ3) is 4.69. The lowest BCUT2D eigenvalue weighted by Crippen LogP contribution is -2.62. The van der Waals surface area contributed by atoms with Crippen LogP contribution in [0.4, 0.5) is 0 Å². The highest BCUT2D eigenvalue weighted by atomic mass is 16.7. The predicted octanol–water partition coefficient (Wildman–Crippen LogP) is 4.03. The van der Waals surface area contributed by atoms with E-state index in [9.17, 15) is 19.8 Å². The number of fused-ring (bicyclic) bond motifs is 5. The molecule has 6 aliphatic rings. The van der Waals surface area contributed by atoms with Crippen LogP contribution < -0.4 is 0 Å². The van der Waals surface area contributed by atoms with E-state index >= 15 is 0 Å². The number of carbonyl (C=O) groups is 2. The molecule has 1 saturated heterocycles. The van der Waals surface area contributed by atoms with Crippen molar-refractivity contribution in [2.45, 2.75) is 134 Å². The third-order valence-electron chi connectivity index (χ3n) is 12.5. The number of cyclic esters (lactones) is 1. The Bertz CT molecular complexity index is 1080. The average molecular weight is 577 g/mol. The van der Waals surface area contributed by atoms with E-state index < -0.39 is 23.2 Å². The van der Waals surface area contributed by atoms with Gasteiger partial charge in [0.2, 0.25) is 0 Å². The summed E-state index contributed by atoms with van der Waals surface area (Å²) < 4.78 is 29.0. The molecule has 0 radical (unpaired) electrons. The summed E-state index contributed by atoms with van der Waals surface area (Å²) in [5, 5.41) is 23.0. The third-order valence-corrected chi connectivity index (χ3v) is 12.5. The summed E-state index contributed by atoms with van der Waals surface area (Å²) in [5.41, 5.74) is -0.559. The van der Waals surface area contributed by atoms with Crippen LogP contribution in [0.5, 0.6) is 0 Å². The molecule has 13 atom stereocenters. The van der Waals surface area contributed by atoms with Crippen molar-refractivity contribution >= 4 is 11.9 Å². The summed E-state index contributed by atoms with van der Waals surface area (Å²) in [5.74, 6) is 0.0869. The van der Waals surface area contributed by atoms with E-state index in [4.69, 9.17) is 23.7 Å². The second-order valence-electron chi connectivity index (χ2n) is 14.4. The van der Waals surface area contributed by atoms with Crippen LogP contribution in [0.2, 0.25) is 0 Å². The van der Waals surface area contributed by atoms with E-state index in [2.05, 4.69) is 13.8 Å². The molecular formula is C32H48O9. The molecule has 230 valence electrons. The fourth-order valence-corrected chi connectivity index (χ4v) is 10.4. The minimum absolute atomic E-state index is 0.0898. The molecule has 2 N–H and O–H groups in total. The molecule has 9 nitrogen and oxygen atoms in total. The highest BCUT2D eigenvalue weighted by molar-refractivity contribution is 5.76. The van der Waals surface area contributed by atoms with E-state index in [1.807, 2.05) is 6.92 Å². The molecule has 4 aliphatic carbocycles. The van der Waals surface area contributed by atoms with E-state index in [-0.39, 0.29) is 60.2 Å². The summed E-state index contributed by atoms with van der Waals surface area (Å²) in [4.78, 5) is 24.2. The molecule has 0 spiro atoms. The van der Waals surface area contributed by atoms with Gasteiger partial charge in [0.05, 0.1) is 36.6 Å². The Balaban J connectivity index is 1.19. The number of esters is 2. The smallest absolute Gasteiger partial charge is 0.314 e. The molecule has 0 aromatic heterocycles. The minimum Gasteiger partial charge on any atom is -0.462 e. The Hall–Kier alpha value is -1.52. The van der Waals surface area contributed by atoms with Gasteiger partial charge in [-0.2, -0.15) is 0 Å².